The molecule has 102 valence electrons. The first-order valence-electron chi connectivity index (χ1n) is 7.67. The van der Waals surface area contributed by atoms with Crippen molar-refractivity contribution in [3.05, 3.63) is 0 Å². The number of hydrogen-bond acceptors (Lipinski definition) is 2. The molecule has 0 amide bonds. The van der Waals surface area contributed by atoms with Gasteiger partial charge in [0.2, 0.25) is 0 Å². The zero-order chi connectivity index (χ0) is 12.7. The monoisotopic (exact) mass is 240 g/mol. The van der Waals surface area contributed by atoms with Crippen molar-refractivity contribution in [2.75, 3.05) is 19.6 Å². The molecule has 1 aliphatic rings. The van der Waals surface area contributed by atoms with E-state index in [1.54, 1.807) is 0 Å². The van der Waals surface area contributed by atoms with E-state index >= 15 is 0 Å². The summed E-state index contributed by atoms with van der Waals surface area (Å²) >= 11 is 0. The van der Waals surface area contributed by atoms with Gasteiger partial charge in [-0.05, 0) is 51.1 Å². The molecule has 1 saturated heterocycles. The average molecular weight is 240 g/mol. The van der Waals surface area contributed by atoms with Crippen molar-refractivity contribution < 1.29 is 0 Å². The molecular weight excluding hydrogens is 208 g/mol. The fourth-order valence-electron chi connectivity index (χ4n) is 3.45. The first kappa shape index (κ1) is 15.0. The van der Waals surface area contributed by atoms with Gasteiger partial charge in [-0.3, -0.25) is 4.90 Å². The number of hydrogen-bond donors (Lipinski definition) is 1. The van der Waals surface area contributed by atoms with Gasteiger partial charge in [-0.2, -0.15) is 0 Å². The van der Waals surface area contributed by atoms with Gasteiger partial charge in [0.05, 0.1) is 0 Å². The van der Waals surface area contributed by atoms with E-state index in [9.17, 15) is 0 Å². The van der Waals surface area contributed by atoms with Gasteiger partial charge in [0.25, 0.3) is 0 Å². The molecule has 1 fully saturated rings. The Morgan fingerprint density at radius 2 is 1.94 bits per heavy atom. The Kier molecular flexibility index (Phi) is 6.50. The Labute approximate surface area is 108 Å². The molecule has 1 rings (SSSR count). The predicted octanol–water partition coefficient (Wildman–Crippen LogP) is 3.41. The second-order valence-electron chi connectivity index (χ2n) is 5.72. The maximum Gasteiger partial charge on any atom is 0.0329 e. The molecule has 17 heavy (non-hydrogen) atoms. The Morgan fingerprint density at radius 3 is 2.47 bits per heavy atom. The number of nitrogens with zero attached hydrogens (tertiary/aromatic N) is 1. The van der Waals surface area contributed by atoms with Crippen LogP contribution in [0.2, 0.25) is 0 Å². The van der Waals surface area contributed by atoms with Crippen LogP contribution in [0.5, 0.6) is 0 Å². The largest absolute Gasteiger partial charge is 0.329 e. The molecule has 0 aliphatic carbocycles. The van der Waals surface area contributed by atoms with Gasteiger partial charge in [-0.15, -0.1) is 0 Å². The van der Waals surface area contributed by atoms with Crippen molar-refractivity contribution in [1.29, 1.82) is 0 Å². The van der Waals surface area contributed by atoms with E-state index in [0.717, 1.165) is 12.5 Å². The molecule has 1 aliphatic heterocycles. The molecule has 0 radical (unpaired) electrons. The fourth-order valence-corrected chi connectivity index (χ4v) is 3.45. The summed E-state index contributed by atoms with van der Waals surface area (Å²) in [5.41, 5.74) is 6.40. The number of likely N-dealkylation sites (tertiary alicyclic amines) is 1. The predicted molar refractivity (Wildman–Crippen MR) is 76.2 cm³/mol. The molecule has 0 spiro atoms. The maximum atomic E-state index is 6.11. The third-order valence-corrected chi connectivity index (χ3v) is 4.85. The SMILES string of the molecule is CCCC(CC)(CN)N1CCCC(CC)CC1. The van der Waals surface area contributed by atoms with Crippen LogP contribution in [-0.4, -0.2) is 30.1 Å². The topological polar surface area (TPSA) is 29.3 Å². The molecule has 2 N–H and O–H groups in total. The fraction of sp³-hybridized carbons (Fsp3) is 1.00. The number of nitrogens with two attached hydrogens (primary N) is 1. The summed E-state index contributed by atoms with van der Waals surface area (Å²) in [6.07, 6.45) is 9.22. The highest BCUT2D eigenvalue weighted by Gasteiger charge is 2.33. The Bertz CT molecular complexity index is 199. The Balaban J connectivity index is 2.67. The van der Waals surface area contributed by atoms with Crippen LogP contribution in [0.25, 0.3) is 0 Å². The van der Waals surface area contributed by atoms with Crippen LogP contribution in [0, 0.1) is 5.92 Å². The lowest BCUT2D eigenvalue weighted by Gasteiger charge is -2.43. The second kappa shape index (κ2) is 7.38. The average Bonchev–Trinajstić information content (AvgIpc) is 2.61. The van der Waals surface area contributed by atoms with Crippen LogP contribution in [0.4, 0.5) is 0 Å². The molecule has 1 heterocycles. The Hall–Kier alpha value is -0.0800. The third-order valence-electron chi connectivity index (χ3n) is 4.85. The van der Waals surface area contributed by atoms with Gasteiger partial charge in [-0.25, -0.2) is 0 Å². The standard InChI is InChI=1S/C15H32N2/c1-4-10-15(6-3,13-16)17-11-7-8-14(5-2)9-12-17/h14H,4-13,16H2,1-3H3. The van der Waals surface area contributed by atoms with E-state index in [1.807, 2.05) is 0 Å². The van der Waals surface area contributed by atoms with Crippen LogP contribution < -0.4 is 5.73 Å². The third kappa shape index (κ3) is 3.69. The summed E-state index contributed by atoms with van der Waals surface area (Å²) in [5.74, 6) is 0.953. The minimum absolute atomic E-state index is 0.289. The summed E-state index contributed by atoms with van der Waals surface area (Å²) in [6, 6.07) is 0. The van der Waals surface area contributed by atoms with Gasteiger partial charge < -0.3 is 5.73 Å². The molecule has 0 saturated carbocycles. The van der Waals surface area contributed by atoms with Crippen molar-refractivity contribution in [2.45, 2.75) is 71.3 Å². The van der Waals surface area contributed by atoms with Gasteiger partial charge in [0.1, 0.15) is 0 Å². The quantitative estimate of drug-likeness (QED) is 0.771. The van der Waals surface area contributed by atoms with Gasteiger partial charge in [-0.1, -0.05) is 33.6 Å². The zero-order valence-corrected chi connectivity index (χ0v) is 12.2. The van der Waals surface area contributed by atoms with E-state index in [1.165, 1.54) is 58.0 Å². The minimum Gasteiger partial charge on any atom is -0.329 e. The minimum atomic E-state index is 0.289. The van der Waals surface area contributed by atoms with E-state index in [-0.39, 0.29) is 5.54 Å². The molecule has 2 nitrogen and oxygen atoms in total. The first-order chi connectivity index (χ1) is 8.22. The highest BCUT2D eigenvalue weighted by atomic mass is 15.2. The molecule has 2 atom stereocenters. The van der Waals surface area contributed by atoms with Gasteiger partial charge in [0, 0.05) is 12.1 Å². The molecule has 0 aromatic carbocycles. The molecular formula is C15H32N2. The highest BCUT2D eigenvalue weighted by Crippen LogP contribution is 2.29. The molecule has 2 heteroatoms. The summed E-state index contributed by atoms with van der Waals surface area (Å²) in [4.78, 5) is 2.71. The van der Waals surface area contributed by atoms with Crippen LogP contribution >= 0.6 is 0 Å². The normalized spacial score (nSPS) is 26.5. The number of rotatable bonds is 6. The summed E-state index contributed by atoms with van der Waals surface area (Å²) in [5, 5.41) is 0. The van der Waals surface area contributed by atoms with Crippen molar-refractivity contribution in [1.82, 2.24) is 4.90 Å². The molecule has 0 bridgehead atoms. The van der Waals surface area contributed by atoms with Crippen molar-refractivity contribution in [3.63, 3.8) is 0 Å². The second-order valence-corrected chi connectivity index (χ2v) is 5.72. The van der Waals surface area contributed by atoms with E-state index < -0.39 is 0 Å². The van der Waals surface area contributed by atoms with Gasteiger partial charge in [0.15, 0.2) is 0 Å². The smallest absolute Gasteiger partial charge is 0.0329 e. The molecule has 0 aromatic rings. The van der Waals surface area contributed by atoms with E-state index in [4.69, 9.17) is 5.73 Å². The summed E-state index contributed by atoms with van der Waals surface area (Å²) in [7, 11) is 0. The highest BCUT2D eigenvalue weighted by molar-refractivity contribution is 4.91. The van der Waals surface area contributed by atoms with Crippen molar-refractivity contribution in [3.8, 4) is 0 Å². The zero-order valence-electron chi connectivity index (χ0n) is 12.2. The maximum absolute atomic E-state index is 6.11. The summed E-state index contributed by atoms with van der Waals surface area (Å²) < 4.78 is 0. The van der Waals surface area contributed by atoms with E-state index in [0.29, 0.717) is 0 Å². The molecule has 2 unspecified atom stereocenters. The lowest BCUT2D eigenvalue weighted by atomic mass is 9.88. The van der Waals surface area contributed by atoms with Crippen LogP contribution in [0.15, 0.2) is 0 Å². The lowest BCUT2D eigenvalue weighted by molar-refractivity contribution is 0.0821. The van der Waals surface area contributed by atoms with Crippen molar-refractivity contribution >= 4 is 0 Å². The first-order valence-corrected chi connectivity index (χ1v) is 7.67. The lowest BCUT2D eigenvalue weighted by Crippen LogP contribution is -2.53. The van der Waals surface area contributed by atoms with Crippen LogP contribution in [0.1, 0.15) is 65.7 Å². The van der Waals surface area contributed by atoms with E-state index in [2.05, 4.69) is 25.7 Å². The summed E-state index contributed by atoms with van der Waals surface area (Å²) in [6.45, 7) is 10.3. The van der Waals surface area contributed by atoms with Crippen LogP contribution in [-0.2, 0) is 0 Å². The van der Waals surface area contributed by atoms with Crippen LogP contribution in [0.3, 0.4) is 0 Å². The Morgan fingerprint density at radius 1 is 1.18 bits per heavy atom. The van der Waals surface area contributed by atoms with Gasteiger partial charge >= 0.3 is 0 Å². The molecule has 0 aromatic heterocycles. The van der Waals surface area contributed by atoms with Crippen molar-refractivity contribution in [2.24, 2.45) is 11.7 Å².